The Morgan fingerprint density at radius 1 is 0.154 bits per heavy atom. The third kappa shape index (κ3) is 18.4. The fourth-order valence-electron chi connectivity index (χ4n) is 13.2. The Hall–Kier alpha value is -8.90. The van der Waals surface area contributed by atoms with Crippen molar-refractivity contribution in [2.45, 2.75) is 0 Å². The Balaban J connectivity index is 0.000000181. The fourth-order valence-corrected chi connectivity index (χ4v) is 23.1. The van der Waals surface area contributed by atoms with E-state index in [9.17, 15) is 34.5 Å². The minimum absolute atomic E-state index is 0. The van der Waals surface area contributed by atoms with Gasteiger partial charge in [-0.05, 0) is 161 Å². The summed E-state index contributed by atoms with van der Waals surface area (Å²) >= 11 is 0. The van der Waals surface area contributed by atoms with Gasteiger partial charge < -0.3 is 34.5 Å². The van der Waals surface area contributed by atoms with Crippen LogP contribution in [0.1, 0.15) is 0 Å². The number of benzene rings is 16. The van der Waals surface area contributed by atoms with Crippen LogP contribution in [0.15, 0.2) is 388 Å². The molecule has 0 N–H and O–H groups in total. The minimum atomic E-state index is -6.00. The first kappa shape index (κ1) is 76.2. The Kier molecular flexibility index (Phi) is 26.2. The second-order valence-corrected chi connectivity index (χ2v) is 32.5. The largest absolute Gasteiger partial charge is 1.00 e. The molecule has 0 atom stereocenters. The number of rotatable bonds is 14. The van der Waals surface area contributed by atoms with Crippen LogP contribution in [0.4, 0.5) is 34.5 Å². The average molecular weight is 1620 g/mol. The van der Waals surface area contributed by atoms with E-state index in [2.05, 4.69) is 388 Å². The molecule has 514 valence electrons. The van der Waals surface area contributed by atoms with Crippen molar-refractivity contribution in [3.8, 4) is 22.3 Å². The zero-order valence-electron chi connectivity index (χ0n) is 55.6. The maximum atomic E-state index is 9.75. The smallest absolute Gasteiger partial charge is 0.418 e. The molecule has 0 fully saturated rings. The van der Waals surface area contributed by atoms with Crippen LogP contribution in [0, 0.1) is 0 Å². The van der Waals surface area contributed by atoms with E-state index >= 15 is 0 Å². The molecule has 16 rings (SSSR count). The van der Waals surface area contributed by atoms with Gasteiger partial charge in [0.1, 0.15) is 0 Å². The van der Waals surface area contributed by atoms with Gasteiger partial charge >= 0.3 is 53.5 Å². The molecule has 0 amide bonds. The quantitative estimate of drug-likeness (QED) is 0.0578. The molecule has 16 aromatic rings. The van der Waals surface area contributed by atoms with Crippen molar-refractivity contribution in [2.75, 3.05) is 0 Å². The van der Waals surface area contributed by atoms with Gasteiger partial charge in [-0.1, -0.05) is 388 Å². The van der Waals surface area contributed by atoms with Crippen LogP contribution in [0.3, 0.4) is 0 Å². The number of hydrogen-bond acceptors (Lipinski definition) is 0. The van der Waals surface area contributed by atoms with E-state index < -0.39 is 46.2 Å². The van der Waals surface area contributed by atoms with Crippen molar-refractivity contribution in [3.05, 3.63) is 388 Å². The molecule has 0 bridgehead atoms. The van der Waals surface area contributed by atoms with Crippen LogP contribution >= 0.6 is 31.7 Å². The maximum absolute atomic E-state index is 9.75. The molecule has 2 radical (unpaired) electrons. The monoisotopic (exact) mass is 1620 g/mol. The van der Waals surface area contributed by atoms with Crippen molar-refractivity contribution in [1.82, 2.24) is 0 Å². The van der Waals surface area contributed by atoms with Crippen LogP contribution in [0.25, 0.3) is 65.3 Å². The molecule has 0 aliphatic carbocycles. The third-order valence-corrected chi connectivity index (χ3v) is 27.1. The van der Waals surface area contributed by atoms with Gasteiger partial charge in [0.15, 0.2) is 0 Å². The summed E-state index contributed by atoms with van der Waals surface area (Å²) in [6.45, 7) is 0. The molecule has 0 saturated heterocycles. The van der Waals surface area contributed by atoms with Crippen molar-refractivity contribution < 1.29 is 73.5 Å². The van der Waals surface area contributed by atoms with E-state index in [4.69, 9.17) is 0 Å². The SMILES string of the molecule is F[B-](F)(F)F.F[B-](F)(F)F.[Ru+].[Ru+].c1ccc(P(c2ccccc2)c2ccc3ccccc3c2-c2c(P(c3ccccc3)c3ccccc3)ccc3ccccc23)cc1.c1ccc(P(c2ccccc2)c2ccc3ccccc3c2-c2c(P(c3ccccc3)c3ccccc3)ccc3ccccc23)cc1. The first-order valence-electron chi connectivity index (χ1n) is 33.2. The van der Waals surface area contributed by atoms with E-state index in [1.165, 1.54) is 129 Å². The van der Waals surface area contributed by atoms with E-state index in [1.807, 2.05) is 0 Å². The van der Waals surface area contributed by atoms with Gasteiger partial charge in [0.25, 0.3) is 0 Å². The first-order valence-corrected chi connectivity index (χ1v) is 38.5. The van der Waals surface area contributed by atoms with E-state index in [-0.39, 0.29) is 39.0 Å². The van der Waals surface area contributed by atoms with Crippen LogP contribution in [-0.2, 0) is 39.0 Å². The maximum Gasteiger partial charge on any atom is 1.00 e. The summed E-state index contributed by atoms with van der Waals surface area (Å²) in [6, 6.07) is 144. The second-order valence-electron chi connectivity index (χ2n) is 23.7. The Morgan fingerprint density at radius 2 is 0.279 bits per heavy atom. The molecular formula is C88H64B2F8P4Ru2. The zero-order chi connectivity index (χ0) is 70.4. The van der Waals surface area contributed by atoms with Crippen molar-refractivity contribution in [1.29, 1.82) is 0 Å². The third-order valence-electron chi connectivity index (χ3n) is 17.2. The number of fused-ring (bicyclic) bond motifs is 4. The van der Waals surface area contributed by atoms with Crippen molar-refractivity contribution in [3.63, 3.8) is 0 Å². The molecule has 16 heteroatoms. The van der Waals surface area contributed by atoms with E-state index in [0.717, 1.165) is 0 Å². The molecular weight excluding hydrogens is 1560 g/mol. The summed E-state index contributed by atoms with van der Waals surface area (Å²) in [7, 11) is -15.4. The van der Waals surface area contributed by atoms with Crippen LogP contribution in [0.2, 0.25) is 0 Å². The normalized spacial score (nSPS) is 11.3. The van der Waals surface area contributed by atoms with E-state index in [0.29, 0.717) is 0 Å². The van der Waals surface area contributed by atoms with Crippen LogP contribution in [0.5, 0.6) is 0 Å². The van der Waals surface area contributed by atoms with Crippen LogP contribution < -0.4 is 63.7 Å². The molecule has 104 heavy (non-hydrogen) atoms. The van der Waals surface area contributed by atoms with Gasteiger partial charge in [-0.2, -0.15) is 0 Å². The van der Waals surface area contributed by atoms with Crippen molar-refractivity contribution >= 4 is 153 Å². The summed E-state index contributed by atoms with van der Waals surface area (Å²) in [5.41, 5.74) is 5.40. The Labute approximate surface area is 632 Å². The van der Waals surface area contributed by atoms with Gasteiger partial charge in [0.2, 0.25) is 0 Å². The summed E-state index contributed by atoms with van der Waals surface area (Å²) in [5.74, 6) is 0. The molecule has 0 nitrogen and oxygen atoms in total. The molecule has 0 unspecified atom stereocenters. The fraction of sp³-hybridized carbons (Fsp3) is 0. The summed E-state index contributed by atoms with van der Waals surface area (Å²) in [4.78, 5) is 0. The summed E-state index contributed by atoms with van der Waals surface area (Å²) in [5, 5.41) is 26.7. The number of halogens is 8. The van der Waals surface area contributed by atoms with Gasteiger partial charge in [-0.3, -0.25) is 0 Å². The summed E-state index contributed by atoms with van der Waals surface area (Å²) in [6.07, 6.45) is 0. The molecule has 0 aliphatic heterocycles. The minimum Gasteiger partial charge on any atom is -0.418 e. The van der Waals surface area contributed by atoms with Gasteiger partial charge in [0.05, 0.1) is 0 Å². The topological polar surface area (TPSA) is 0 Å². The first-order chi connectivity index (χ1) is 49.7. The summed E-state index contributed by atoms with van der Waals surface area (Å²) < 4.78 is 78.0. The predicted molar refractivity (Wildman–Crippen MR) is 429 cm³/mol. The van der Waals surface area contributed by atoms with Crippen LogP contribution in [-0.4, -0.2) is 14.5 Å². The molecule has 0 spiro atoms. The van der Waals surface area contributed by atoms with Gasteiger partial charge in [-0.25, -0.2) is 0 Å². The number of hydrogen-bond donors (Lipinski definition) is 0. The van der Waals surface area contributed by atoms with E-state index in [1.54, 1.807) is 0 Å². The predicted octanol–water partition coefficient (Wildman–Crippen LogP) is 20.9. The zero-order valence-corrected chi connectivity index (χ0v) is 62.7. The van der Waals surface area contributed by atoms with Gasteiger partial charge in [-0.15, -0.1) is 0 Å². The second kappa shape index (κ2) is 35.7. The average Bonchev–Trinajstić information content (AvgIpc) is 0.739. The Morgan fingerprint density at radius 3 is 0.423 bits per heavy atom. The Bertz CT molecular complexity index is 4600. The standard InChI is InChI=1S/2C44H32P2.2BF4.2Ru/c2*1-5-19-35(20-6-1)45(36-21-7-2-8-22-36)41-31-29-33-17-13-15-27-39(33)43(41)44-40-28-16-14-18-34(40)30-32-42(44)46(37-23-9-3-10-24-37)38-25-11-4-12-26-38;2*2-1(3,4)5;;/h2*1-32H;;;;/q;;2*-1;2*+1. The molecule has 0 aromatic heterocycles. The molecule has 0 heterocycles. The van der Waals surface area contributed by atoms with Crippen molar-refractivity contribution in [2.24, 2.45) is 0 Å². The molecule has 0 aliphatic rings. The van der Waals surface area contributed by atoms with Gasteiger partial charge in [0, 0.05) is 0 Å². The molecule has 16 aromatic carbocycles. The molecule has 0 saturated carbocycles.